The largest absolute Gasteiger partial charge is 0.491 e. The summed E-state index contributed by atoms with van der Waals surface area (Å²) in [5, 5.41) is 0. The quantitative estimate of drug-likeness (QED) is 0.176. The van der Waals surface area contributed by atoms with Crippen molar-refractivity contribution in [2.24, 2.45) is 0 Å². The molecule has 1 aliphatic carbocycles. The van der Waals surface area contributed by atoms with E-state index in [1.54, 1.807) is 25.1 Å². The van der Waals surface area contributed by atoms with Gasteiger partial charge in [0.05, 0.1) is 13.2 Å². The highest BCUT2D eigenvalue weighted by Crippen LogP contribution is 2.43. The molecule has 0 amide bonds. The highest BCUT2D eigenvalue weighted by atomic mass is 19.2. The zero-order valence-electron chi connectivity index (χ0n) is 22.5. The molecule has 39 heavy (non-hydrogen) atoms. The minimum Gasteiger partial charge on any atom is -0.491 e. The molecule has 1 aliphatic rings. The summed E-state index contributed by atoms with van der Waals surface area (Å²) in [6.45, 7) is 4.32. The molecule has 0 atom stereocenters. The first kappa shape index (κ1) is 28.9. The minimum atomic E-state index is -1.10. The Balaban J connectivity index is 1.41. The molecule has 7 heteroatoms. The number of hydrogen-bond donors (Lipinski definition) is 0. The van der Waals surface area contributed by atoms with Crippen LogP contribution in [-0.2, 0) is 0 Å². The Hall–Kier alpha value is -3.09. The Labute approximate surface area is 227 Å². The van der Waals surface area contributed by atoms with Crippen molar-refractivity contribution in [3.8, 4) is 22.6 Å². The molecule has 210 valence electrons. The van der Waals surface area contributed by atoms with E-state index in [9.17, 15) is 17.6 Å². The lowest BCUT2D eigenvalue weighted by atomic mass is 9.75. The highest BCUT2D eigenvalue weighted by Gasteiger charge is 2.29. The maximum absolute atomic E-state index is 15.1. The summed E-state index contributed by atoms with van der Waals surface area (Å²) in [7, 11) is 0. The summed E-state index contributed by atoms with van der Waals surface area (Å²) in [5.74, 6) is -5.03. The number of ether oxygens (including phenoxy) is 2. The summed E-state index contributed by atoms with van der Waals surface area (Å²) in [6.07, 6.45) is 6.32. The minimum absolute atomic E-state index is 0.0454. The number of benzene rings is 3. The van der Waals surface area contributed by atoms with Crippen LogP contribution in [0.5, 0.6) is 11.5 Å². The summed E-state index contributed by atoms with van der Waals surface area (Å²) < 4.78 is 84.2. The fourth-order valence-electron chi connectivity index (χ4n) is 5.45. The Morgan fingerprint density at radius 3 is 1.92 bits per heavy atom. The van der Waals surface area contributed by atoms with Gasteiger partial charge in [-0.1, -0.05) is 44.4 Å². The van der Waals surface area contributed by atoms with E-state index in [0.717, 1.165) is 25.7 Å². The molecule has 0 bridgehead atoms. The number of rotatable bonds is 11. The summed E-state index contributed by atoms with van der Waals surface area (Å²) in [4.78, 5) is 0. The van der Waals surface area contributed by atoms with Crippen LogP contribution in [-0.4, -0.2) is 13.2 Å². The van der Waals surface area contributed by atoms with Crippen LogP contribution in [0.1, 0.15) is 88.2 Å². The first-order valence-corrected chi connectivity index (χ1v) is 13.9. The maximum Gasteiger partial charge on any atom is 0.201 e. The molecular weight excluding hydrogens is 511 g/mol. The van der Waals surface area contributed by atoms with E-state index in [1.165, 1.54) is 24.3 Å². The van der Waals surface area contributed by atoms with E-state index < -0.39 is 29.1 Å². The van der Waals surface area contributed by atoms with Crippen LogP contribution < -0.4 is 9.47 Å². The van der Waals surface area contributed by atoms with E-state index in [4.69, 9.17) is 9.47 Å². The zero-order chi connectivity index (χ0) is 27.9. The van der Waals surface area contributed by atoms with E-state index >= 15 is 4.39 Å². The number of hydrogen-bond acceptors (Lipinski definition) is 2. The van der Waals surface area contributed by atoms with Crippen molar-refractivity contribution in [2.75, 3.05) is 13.2 Å². The van der Waals surface area contributed by atoms with Crippen molar-refractivity contribution in [3.63, 3.8) is 0 Å². The zero-order valence-corrected chi connectivity index (χ0v) is 22.5. The van der Waals surface area contributed by atoms with Gasteiger partial charge >= 0.3 is 0 Å². The van der Waals surface area contributed by atoms with Crippen molar-refractivity contribution < 1.29 is 31.4 Å². The standard InChI is InChI=1S/C32H35F5O2/c1-3-5-6-7-18-39-28-17-14-24(29(34)32(28)37)21-10-8-20(9-11-21)23-13-12-22(19-26(23)33)25-15-16-27(38-4-2)31(36)30(25)35/h12-17,19-21H,3-11,18H2,1-2H3. The van der Waals surface area contributed by atoms with Crippen LogP contribution in [0.4, 0.5) is 22.0 Å². The number of halogens is 5. The van der Waals surface area contributed by atoms with Gasteiger partial charge in [-0.25, -0.2) is 13.2 Å². The Morgan fingerprint density at radius 2 is 1.26 bits per heavy atom. The van der Waals surface area contributed by atoms with Crippen molar-refractivity contribution in [2.45, 2.75) is 77.0 Å². The molecule has 1 fully saturated rings. The molecule has 0 aliphatic heterocycles. The lowest BCUT2D eigenvalue weighted by Gasteiger charge is -2.30. The van der Waals surface area contributed by atoms with Crippen molar-refractivity contribution in [1.82, 2.24) is 0 Å². The van der Waals surface area contributed by atoms with Crippen LogP contribution in [0.3, 0.4) is 0 Å². The molecule has 2 nitrogen and oxygen atoms in total. The number of unbranched alkanes of at least 4 members (excludes halogenated alkanes) is 3. The third-order valence-electron chi connectivity index (χ3n) is 7.60. The predicted molar refractivity (Wildman–Crippen MR) is 143 cm³/mol. The van der Waals surface area contributed by atoms with Gasteiger partial charge in [0.1, 0.15) is 5.82 Å². The molecule has 3 aromatic rings. The van der Waals surface area contributed by atoms with Gasteiger partial charge < -0.3 is 9.47 Å². The van der Waals surface area contributed by atoms with Crippen molar-refractivity contribution in [1.29, 1.82) is 0 Å². The van der Waals surface area contributed by atoms with Gasteiger partial charge in [0.15, 0.2) is 23.1 Å². The second-order valence-corrected chi connectivity index (χ2v) is 10.1. The van der Waals surface area contributed by atoms with Crippen LogP contribution in [0, 0.1) is 29.1 Å². The molecule has 0 saturated heterocycles. The molecule has 1 saturated carbocycles. The van der Waals surface area contributed by atoms with Gasteiger partial charge in [0, 0.05) is 5.56 Å². The predicted octanol–water partition coefficient (Wildman–Crippen LogP) is 9.85. The summed E-state index contributed by atoms with van der Waals surface area (Å²) >= 11 is 0. The van der Waals surface area contributed by atoms with Crippen molar-refractivity contribution in [3.05, 3.63) is 82.7 Å². The maximum atomic E-state index is 15.1. The molecule has 0 spiro atoms. The molecule has 0 unspecified atom stereocenters. The molecular formula is C32H35F5O2. The Bertz CT molecular complexity index is 1270. The van der Waals surface area contributed by atoms with Crippen LogP contribution >= 0.6 is 0 Å². The van der Waals surface area contributed by atoms with E-state index in [-0.39, 0.29) is 41.1 Å². The van der Waals surface area contributed by atoms with Gasteiger partial charge in [-0.2, -0.15) is 8.78 Å². The Morgan fingerprint density at radius 1 is 0.641 bits per heavy atom. The van der Waals surface area contributed by atoms with Crippen LogP contribution in [0.15, 0.2) is 42.5 Å². The Kier molecular flexibility index (Phi) is 9.87. The smallest absolute Gasteiger partial charge is 0.201 e. The van der Waals surface area contributed by atoms with Gasteiger partial charge in [-0.05, 0) is 91.8 Å². The third kappa shape index (κ3) is 6.56. The molecule has 0 N–H and O–H groups in total. The van der Waals surface area contributed by atoms with Gasteiger partial charge in [-0.3, -0.25) is 0 Å². The molecule has 0 heterocycles. The third-order valence-corrected chi connectivity index (χ3v) is 7.60. The highest BCUT2D eigenvalue weighted by molar-refractivity contribution is 5.66. The molecule has 4 rings (SSSR count). The van der Waals surface area contributed by atoms with E-state index in [1.807, 2.05) is 0 Å². The van der Waals surface area contributed by atoms with Crippen molar-refractivity contribution >= 4 is 0 Å². The summed E-state index contributed by atoms with van der Waals surface area (Å²) in [5.41, 5.74) is 1.00. The molecule has 0 aromatic heterocycles. The SMILES string of the molecule is CCCCCCOc1ccc(C2CCC(c3ccc(-c4ccc(OCC)c(F)c4F)cc3F)CC2)c(F)c1F. The first-order chi connectivity index (χ1) is 18.8. The van der Waals surface area contributed by atoms with Gasteiger partial charge in [-0.15, -0.1) is 0 Å². The average molecular weight is 547 g/mol. The second kappa shape index (κ2) is 13.3. The van der Waals surface area contributed by atoms with E-state index in [2.05, 4.69) is 6.92 Å². The monoisotopic (exact) mass is 546 g/mol. The van der Waals surface area contributed by atoms with Crippen LogP contribution in [0.25, 0.3) is 11.1 Å². The fourth-order valence-corrected chi connectivity index (χ4v) is 5.45. The fraction of sp³-hybridized carbons (Fsp3) is 0.438. The molecule has 0 radical (unpaired) electrons. The van der Waals surface area contributed by atoms with E-state index in [0.29, 0.717) is 43.4 Å². The normalized spacial score (nSPS) is 17.3. The van der Waals surface area contributed by atoms with Gasteiger partial charge in [0.2, 0.25) is 11.6 Å². The molecule has 3 aromatic carbocycles. The van der Waals surface area contributed by atoms with Gasteiger partial charge in [0.25, 0.3) is 0 Å². The summed E-state index contributed by atoms with van der Waals surface area (Å²) in [6, 6.07) is 10.2. The lowest BCUT2D eigenvalue weighted by molar-refractivity contribution is 0.283. The lowest BCUT2D eigenvalue weighted by Crippen LogP contribution is -2.15. The van der Waals surface area contributed by atoms with Crippen LogP contribution in [0.2, 0.25) is 0 Å². The first-order valence-electron chi connectivity index (χ1n) is 13.9. The second-order valence-electron chi connectivity index (χ2n) is 10.1. The average Bonchev–Trinajstić information content (AvgIpc) is 2.94. The topological polar surface area (TPSA) is 18.5 Å².